The summed E-state index contributed by atoms with van der Waals surface area (Å²) in [5, 5.41) is 5.39. The number of aromatic nitrogens is 2. The Kier molecular flexibility index (Phi) is 10.2. The fourth-order valence-corrected chi connectivity index (χ4v) is 4.68. The van der Waals surface area contributed by atoms with Gasteiger partial charge in [0.25, 0.3) is 5.91 Å². The summed E-state index contributed by atoms with van der Waals surface area (Å²) in [6.45, 7) is 3.11. The number of methoxy groups -OCH3 is 2. The van der Waals surface area contributed by atoms with Crippen LogP contribution in [0.15, 0.2) is 17.6 Å². The summed E-state index contributed by atoms with van der Waals surface area (Å²) in [4.78, 5) is 43.1. The van der Waals surface area contributed by atoms with Crippen molar-refractivity contribution in [1.82, 2.24) is 14.5 Å². The number of aryl methyl sites for hydroxylation is 1. The summed E-state index contributed by atoms with van der Waals surface area (Å²) in [5.41, 5.74) is 1.15. The van der Waals surface area contributed by atoms with Gasteiger partial charge in [0.05, 0.1) is 44.2 Å². The van der Waals surface area contributed by atoms with Crippen LogP contribution in [-0.2, 0) is 30.8 Å². The van der Waals surface area contributed by atoms with Crippen molar-refractivity contribution in [2.24, 2.45) is 7.05 Å². The van der Waals surface area contributed by atoms with E-state index in [1.165, 1.54) is 18.4 Å². The molecule has 0 radical (unpaired) electrons. The minimum Gasteiger partial charge on any atom is -0.464 e. The highest BCUT2D eigenvalue weighted by atomic mass is 32.1. The minimum atomic E-state index is -0.479. The second-order valence-electron chi connectivity index (χ2n) is 8.05. The van der Waals surface area contributed by atoms with Crippen LogP contribution >= 0.6 is 11.3 Å². The molecule has 1 aliphatic rings. The molecule has 0 saturated carbocycles. The number of hydrogen-bond acceptors (Lipinski definition) is 9. The van der Waals surface area contributed by atoms with Gasteiger partial charge in [0, 0.05) is 44.7 Å². The van der Waals surface area contributed by atoms with Crippen LogP contribution in [0.3, 0.4) is 0 Å². The first-order valence-electron chi connectivity index (χ1n) is 11.4. The molecule has 3 heterocycles. The molecule has 2 aromatic heterocycles. The number of hydrogen-bond donors (Lipinski definition) is 1. The average Bonchev–Trinajstić information content (AvgIpc) is 3.50. The third kappa shape index (κ3) is 7.59. The van der Waals surface area contributed by atoms with Gasteiger partial charge in [0.1, 0.15) is 18.0 Å². The van der Waals surface area contributed by atoms with Gasteiger partial charge in [-0.3, -0.25) is 9.59 Å². The maximum Gasteiger partial charge on any atom is 0.354 e. The van der Waals surface area contributed by atoms with E-state index >= 15 is 0 Å². The summed E-state index contributed by atoms with van der Waals surface area (Å²) in [7, 11) is 4.62. The van der Waals surface area contributed by atoms with Crippen molar-refractivity contribution in [3.8, 4) is 0 Å². The number of carbonyl (C=O) groups excluding carboxylic acids is 3. The number of nitrogens with zero attached hydrogens (tertiary/aromatic N) is 3. The van der Waals surface area contributed by atoms with Gasteiger partial charge in [-0.25, -0.2) is 9.78 Å². The Morgan fingerprint density at radius 1 is 1.11 bits per heavy atom. The lowest BCUT2D eigenvalue weighted by Crippen LogP contribution is -2.40. The van der Waals surface area contributed by atoms with Crippen LogP contribution in [0.1, 0.15) is 44.7 Å². The lowest BCUT2D eigenvalue weighted by atomic mass is 9.97. The third-order valence-electron chi connectivity index (χ3n) is 5.64. The zero-order valence-electron chi connectivity index (χ0n) is 20.3. The molecule has 0 aliphatic carbocycles. The van der Waals surface area contributed by atoms with Crippen molar-refractivity contribution >= 4 is 34.8 Å². The number of carbonyl (C=O) groups is 3. The van der Waals surface area contributed by atoms with Gasteiger partial charge in [-0.2, -0.15) is 0 Å². The SMILES string of the molecule is COCCOCCOCC(=O)N1CCC(c2nc(C(=O)Nc3cc(C(=O)OC)n(C)c3)cs2)CC1. The van der Waals surface area contributed by atoms with Crippen molar-refractivity contribution in [3.63, 3.8) is 0 Å². The lowest BCUT2D eigenvalue weighted by Gasteiger charge is -2.31. The maximum atomic E-state index is 12.6. The molecule has 35 heavy (non-hydrogen) atoms. The zero-order valence-corrected chi connectivity index (χ0v) is 21.1. The summed E-state index contributed by atoms with van der Waals surface area (Å²) in [6.07, 6.45) is 3.20. The number of rotatable bonds is 12. The molecule has 0 bridgehead atoms. The van der Waals surface area contributed by atoms with Crippen LogP contribution in [-0.4, -0.2) is 92.6 Å². The van der Waals surface area contributed by atoms with Crippen molar-refractivity contribution in [2.45, 2.75) is 18.8 Å². The van der Waals surface area contributed by atoms with Gasteiger partial charge in [0.15, 0.2) is 0 Å². The molecule has 0 spiro atoms. The Labute approximate surface area is 208 Å². The molecule has 0 atom stereocenters. The van der Waals surface area contributed by atoms with Crippen LogP contribution in [0, 0.1) is 0 Å². The van der Waals surface area contributed by atoms with Crippen molar-refractivity contribution in [3.05, 3.63) is 34.0 Å². The fourth-order valence-electron chi connectivity index (χ4n) is 3.70. The third-order valence-corrected chi connectivity index (χ3v) is 6.65. The van der Waals surface area contributed by atoms with Crippen molar-refractivity contribution < 1.29 is 33.3 Å². The molecule has 1 aliphatic heterocycles. The second kappa shape index (κ2) is 13.3. The zero-order chi connectivity index (χ0) is 25.2. The lowest BCUT2D eigenvalue weighted by molar-refractivity contribution is -0.137. The molecule has 1 saturated heterocycles. The van der Waals surface area contributed by atoms with Crippen molar-refractivity contribution in [1.29, 1.82) is 0 Å². The van der Waals surface area contributed by atoms with E-state index in [1.54, 1.807) is 41.3 Å². The monoisotopic (exact) mass is 508 g/mol. The van der Waals surface area contributed by atoms with E-state index in [4.69, 9.17) is 18.9 Å². The topological polar surface area (TPSA) is 121 Å². The Hall–Kier alpha value is -2.80. The van der Waals surface area contributed by atoms with Gasteiger partial charge in [0.2, 0.25) is 5.91 Å². The molecular formula is C23H32N4O7S. The van der Waals surface area contributed by atoms with Crippen LogP contribution in [0.5, 0.6) is 0 Å². The largest absolute Gasteiger partial charge is 0.464 e. The predicted octanol–water partition coefficient (Wildman–Crippen LogP) is 1.91. The highest BCUT2D eigenvalue weighted by molar-refractivity contribution is 7.10. The summed E-state index contributed by atoms with van der Waals surface area (Å²) in [6, 6.07) is 1.56. The standard InChI is InChI=1S/C23H32N4O7S/c1-26-13-17(12-19(26)23(30)32-3)24-21(29)18-15-35-22(25-18)16-4-6-27(7-5-16)20(28)14-34-11-10-33-9-8-31-2/h12-13,15-16H,4-11,14H2,1-3H3,(H,24,29). The van der Waals surface area contributed by atoms with E-state index < -0.39 is 5.97 Å². The Balaban J connectivity index is 1.42. The maximum absolute atomic E-state index is 12.6. The first-order chi connectivity index (χ1) is 16.9. The van der Waals surface area contributed by atoms with Gasteiger partial charge in [-0.15, -0.1) is 11.3 Å². The van der Waals surface area contributed by atoms with E-state index in [-0.39, 0.29) is 24.3 Å². The molecule has 1 N–H and O–H groups in total. The molecule has 11 nitrogen and oxygen atoms in total. The molecular weight excluding hydrogens is 476 g/mol. The normalized spacial score (nSPS) is 14.2. The number of ether oxygens (including phenoxy) is 4. The predicted molar refractivity (Wildman–Crippen MR) is 129 cm³/mol. The molecule has 3 rings (SSSR count). The van der Waals surface area contributed by atoms with Crippen LogP contribution < -0.4 is 5.32 Å². The highest BCUT2D eigenvalue weighted by Gasteiger charge is 2.26. The van der Waals surface area contributed by atoms with Crippen LogP contribution in [0.4, 0.5) is 5.69 Å². The molecule has 12 heteroatoms. The van der Waals surface area contributed by atoms with Gasteiger partial charge >= 0.3 is 5.97 Å². The average molecular weight is 509 g/mol. The van der Waals surface area contributed by atoms with Crippen LogP contribution in [0.25, 0.3) is 0 Å². The number of anilines is 1. The van der Waals surface area contributed by atoms with Crippen LogP contribution in [0.2, 0.25) is 0 Å². The van der Waals surface area contributed by atoms with E-state index in [0.29, 0.717) is 56.6 Å². The van der Waals surface area contributed by atoms with Crippen molar-refractivity contribution in [2.75, 3.05) is 65.7 Å². The quantitative estimate of drug-likeness (QED) is 0.341. The smallest absolute Gasteiger partial charge is 0.354 e. The number of thiazole rings is 1. The molecule has 0 aromatic carbocycles. The van der Waals surface area contributed by atoms with E-state index in [9.17, 15) is 14.4 Å². The van der Waals surface area contributed by atoms with Gasteiger partial charge < -0.3 is 33.7 Å². The first kappa shape index (κ1) is 26.8. The fraction of sp³-hybridized carbons (Fsp3) is 0.565. The highest BCUT2D eigenvalue weighted by Crippen LogP contribution is 2.30. The molecule has 1 fully saturated rings. The number of esters is 1. The molecule has 2 amide bonds. The van der Waals surface area contributed by atoms with Gasteiger partial charge in [-0.1, -0.05) is 0 Å². The number of amides is 2. The van der Waals surface area contributed by atoms with E-state index in [2.05, 4.69) is 10.3 Å². The molecule has 192 valence electrons. The van der Waals surface area contributed by atoms with E-state index in [0.717, 1.165) is 17.8 Å². The van der Waals surface area contributed by atoms with Gasteiger partial charge in [-0.05, 0) is 18.9 Å². The molecule has 2 aromatic rings. The summed E-state index contributed by atoms with van der Waals surface area (Å²) in [5.74, 6) is -0.658. The Bertz CT molecular complexity index is 998. The summed E-state index contributed by atoms with van der Waals surface area (Å²) >= 11 is 1.44. The number of piperidine rings is 1. The number of nitrogens with one attached hydrogen (secondary N) is 1. The first-order valence-corrected chi connectivity index (χ1v) is 12.2. The summed E-state index contributed by atoms with van der Waals surface area (Å²) < 4.78 is 21.9. The minimum absolute atomic E-state index is 0.0336. The molecule has 0 unspecified atom stereocenters. The number of likely N-dealkylation sites (tertiary alicyclic amines) is 1. The Morgan fingerprint density at radius 3 is 2.54 bits per heavy atom. The Morgan fingerprint density at radius 2 is 1.83 bits per heavy atom. The van der Waals surface area contributed by atoms with E-state index in [1.807, 2.05) is 0 Å². The second-order valence-corrected chi connectivity index (χ2v) is 8.94.